The van der Waals surface area contributed by atoms with Crippen molar-refractivity contribution in [2.45, 2.75) is 156 Å². The number of rotatable bonds is 19. The Balaban J connectivity index is 1.44. The second-order valence-electron chi connectivity index (χ2n) is 24.1. The molecule has 75 heavy (non-hydrogen) atoms. The van der Waals surface area contributed by atoms with Gasteiger partial charge in [0.2, 0.25) is 0 Å². The van der Waals surface area contributed by atoms with Gasteiger partial charge >= 0.3 is 12.1 Å². The van der Waals surface area contributed by atoms with E-state index in [2.05, 4.69) is 101 Å². The van der Waals surface area contributed by atoms with Gasteiger partial charge in [0.05, 0.1) is 36.5 Å². The van der Waals surface area contributed by atoms with Gasteiger partial charge in [-0.25, -0.2) is 14.6 Å². The summed E-state index contributed by atoms with van der Waals surface area (Å²) in [6, 6.07) is 9.72. The van der Waals surface area contributed by atoms with E-state index in [9.17, 15) is 19.5 Å². The molecule has 5 atom stereocenters. The number of hydrogen-bond acceptors (Lipinski definition) is 12. The van der Waals surface area contributed by atoms with Gasteiger partial charge in [0.25, 0.3) is 14.2 Å². The molecule has 15 nitrogen and oxygen atoms in total. The predicted molar refractivity (Wildman–Crippen MR) is 297 cm³/mol. The third-order valence-electron chi connectivity index (χ3n) is 16.0. The highest BCUT2D eigenvalue weighted by molar-refractivity contribution is 6.78. The largest absolute Gasteiger partial charge is 0.543 e. The number of pyridine rings is 1. The minimum Gasteiger partial charge on any atom is -0.543 e. The molecule has 0 unspecified atom stereocenters. The van der Waals surface area contributed by atoms with Crippen LogP contribution in [-0.4, -0.2) is 129 Å². The summed E-state index contributed by atoms with van der Waals surface area (Å²) < 4.78 is 44.7. The Morgan fingerprint density at radius 3 is 2.19 bits per heavy atom. The van der Waals surface area contributed by atoms with Crippen LogP contribution in [0.3, 0.4) is 0 Å². The number of nitrogens with zero attached hydrogens (tertiary/aromatic N) is 5. The molecule has 17 heteroatoms. The summed E-state index contributed by atoms with van der Waals surface area (Å²) in [4.78, 5) is 51.2. The fourth-order valence-electron chi connectivity index (χ4n) is 11.9. The lowest BCUT2D eigenvalue weighted by Crippen LogP contribution is -2.61. The Labute approximate surface area is 446 Å². The standard InChI is InChI=1S/C58H86FN7O8Si/c1-17-65-49-19-18-38(25-45(49)47(30-58(12,13)33-67)53(65)46-28-41(31-60-51(46)37(8)71-15)64-22-20-63(14)21-23-64)43-29-42(74-75(34(2)3,35(4)5)36(6)7)24-39(50(43)59)27-48(61-56(70)73-57(9,10)11)54(68)66-32-40-26-44(40)52(62-66)55(69)72-16/h18-19,24-25,28-29,31,34-37,40,44,48,52,62,67H,17,20-23,26-27,30,32-33H2,1-16H3,(H,61,70)/t37-,40-,44-,48-,52-/m0/s1. The molecular formula is C58H86FN7O8Si. The topological polar surface area (TPSA) is 160 Å². The number of halogens is 1. The average molecular weight is 1060 g/mol. The second kappa shape index (κ2) is 22.9. The van der Waals surface area contributed by atoms with Gasteiger partial charge in [0.1, 0.15) is 29.3 Å². The summed E-state index contributed by atoms with van der Waals surface area (Å²) >= 11 is 0. The number of esters is 1. The van der Waals surface area contributed by atoms with Gasteiger partial charge in [0, 0.05) is 81.4 Å². The molecular weight excluding hydrogens is 970 g/mol. The number of nitrogens with one attached hydrogen (secondary N) is 2. The second-order valence-corrected chi connectivity index (χ2v) is 29.5. The minimum atomic E-state index is -2.66. The van der Waals surface area contributed by atoms with E-state index < -0.39 is 55.2 Å². The van der Waals surface area contributed by atoms with Crippen molar-refractivity contribution in [1.29, 1.82) is 0 Å². The molecule has 0 radical (unpaired) electrons. The van der Waals surface area contributed by atoms with Crippen molar-refractivity contribution in [1.82, 2.24) is 30.2 Å². The summed E-state index contributed by atoms with van der Waals surface area (Å²) in [5, 5.41) is 16.0. The SMILES string of the molecule is CCn1c(-c2cc(N3CCN(C)CC3)cnc2[C@H](C)OC)c(CC(C)(C)CO)c2cc(-c3cc(O[Si](C(C)C)(C(C)C)C(C)C)cc(C[C@H](NC(=O)OC(C)(C)C)C(=O)N4C[C@@H]5C[C@@H]5[C@@H](C(=O)OC)N4)c3F)ccc21. The Kier molecular flexibility index (Phi) is 17.6. The van der Waals surface area contributed by atoms with Gasteiger partial charge < -0.3 is 43.4 Å². The van der Waals surface area contributed by atoms with Crippen molar-refractivity contribution >= 4 is 42.9 Å². The number of fused-ring (bicyclic) bond motifs is 2. The first-order chi connectivity index (χ1) is 35.3. The van der Waals surface area contributed by atoms with Crippen molar-refractivity contribution in [2.75, 3.05) is 65.5 Å². The van der Waals surface area contributed by atoms with Crippen molar-refractivity contribution in [2.24, 2.45) is 17.3 Å². The highest BCUT2D eigenvalue weighted by Crippen LogP contribution is 2.47. The smallest absolute Gasteiger partial charge is 0.408 e. The first kappa shape index (κ1) is 57.6. The van der Waals surface area contributed by atoms with Crippen LogP contribution in [0.2, 0.25) is 16.6 Å². The van der Waals surface area contributed by atoms with E-state index in [0.29, 0.717) is 30.8 Å². The van der Waals surface area contributed by atoms with Crippen LogP contribution in [0.1, 0.15) is 119 Å². The molecule has 1 saturated carbocycles. The summed E-state index contributed by atoms with van der Waals surface area (Å²) in [6.45, 7) is 31.1. The van der Waals surface area contributed by atoms with Crippen LogP contribution >= 0.6 is 0 Å². The number of carbonyl (C=O) groups excluding carboxylic acids is 3. The highest BCUT2D eigenvalue weighted by Gasteiger charge is 2.53. The fourth-order valence-corrected chi connectivity index (χ4v) is 17.1. The highest BCUT2D eigenvalue weighted by atomic mass is 28.4. The van der Waals surface area contributed by atoms with E-state index in [-0.39, 0.29) is 58.7 Å². The number of carbonyl (C=O) groups is 3. The first-order valence-electron chi connectivity index (χ1n) is 27.2. The maximum absolute atomic E-state index is 18.2. The maximum Gasteiger partial charge on any atom is 0.408 e. The number of amides is 2. The molecule has 2 saturated heterocycles. The molecule has 2 aromatic carbocycles. The van der Waals surface area contributed by atoms with Crippen LogP contribution in [0.5, 0.6) is 5.75 Å². The number of likely N-dealkylation sites (N-methyl/N-ethyl adjacent to an activating group) is 1. The van der Waals surface area contributed by atoms with Gasteiger partial charge in [-0.2, -0.15) is 0 Å². The summed E-state index contributed by atoms with van der Waals surface area (Å²) in [5.74, 6) is -1.01. The zero-order valence-corrected chi connectivity index (χ0v) is 48.7. The Hall–Kier alpha value is -5.07. The molecule has 7 rings (SSSR count). The summed E-state index contributed by atoms with van der Waals surface area (Å²) in [7, 11) is 2.49. The Morgan fingerprint density at radius 2 is 1.60 bits per heavy atom. The third kappa shape index (κ3) is 12.2. The lowest BCUT2D eigenvalue weighted by Gasteiger charge is -2.42. The minimum absolute atomic E-state index is 0.0256. The van der Waals surface area contributed by atoms with E-state index in [1.54, 1.807) is 40.0 Å². The van der Waals surface area contributed by atoms with Gasteiger partial charge in [-0.3, -0.25) is 19.6 Å². The van der Waals surface area contributed by atoms with Gasteiger partial charge in [-0.05, 0) is 135 Å². The number of methoxy groups -OCH3 is 2. The average Bonchev–Trinajstić information content (AvgIpc) is 4.09. The van der Waals surface area contributed by atoms with Crippen LogP contribution in [0.4, 0.5) is 14.9 Å². The lowest BCUT2D eigenvalue weighted by atomic mass is 9.84. The van der Waals surface area contributed by atoms with Crippen molar-refractivity contribution in [3.63, 3.8) is 0 Å². The first-order valence-corrected chi connectivity index (χ1v) is 29.3. The Morgan fingerprint density at radius 1 is 0.933 bits per heavy atom. The molecule has 2 aromatic heterocycles. The molecule has 0 bridgehead atoms. The van der Waals surface area contributed by atoms with Crippen LogP contribution in [-0.2, 0) is 43.2 Å². The van der Waals surface area contributed by atoms with Crippen LogP contribution in [0.25, 0.3) is 33.3 Å². The number of aliphatic hydroxyl groups is 1. The number of alkyl carbamates (subject to hydrolysis) is 1. The molecule has 2 amide bonds. The summed E-state index contributed by atoms with van der Waals surface area (Å²) in [6.07, 6.45) is 1.76. The van der Waals surface area contributed by atoms with E-state index in [4.69, 9.17) is 23.6 Å². The van der Waals surface area contributed by atoms with E-state index >= 15 is 4.39 Å². The summed E-state index contributed by atoms with van der Waals surface area (Å²) in [5.41, 5.74) is 8.94. The van der Waals surface area contributed by atoms with Crippen molar-refractivity contribution in [3.8, 4) is 28.1 Å². The number of aliphatic hydroxyl groups excluding tert-OH is 1. The molecule has 1 aliphatic carbocycles. The van der Waals surface area contributed by atoms with Crippen LogP contribution in [0, 0.1) is 23.1 Å². The zero-order chi connectivity index (χ0) is 55.1. The quantitative estimate of drug-likeness (QED) is 0.0604. The zero-order valence-electron chi connectivity index (χ0n) is 47.7. The molecule has 2 aliphatic heterocycles. The molecule has 3 fully saturated rings. The molecule has 4 heterocycles. The van der Waals surface area contributed by atoms with E-state index in [1.807, 2.05) is 31.3 Å². The predicted octanol–water partition coefficient (Wildman–Crippen LogP) is 10.1. The van der Waals surface area contributed by atoms with Gasteiger partial charge in [0.15, 0.2) is 0 Å². The number of hydrazine groups is 1. The van der Waals surface area contributed by atoms with Crippen molar-refractivity contribution < 1.29 is 42.5 Å². The monoisotopic (exact) mass is 1060 g/mol. The normalized spacial score (nSPS) is 19.4. The molecule has 4 aromatic rings. The number of anilines is 1. The van der Waals surface area contributed by atoms with Crippen LogP contribution < -0.4 is 20.1 Å². The van der Waals surface area contributed by atoms with Crippen LogP contribution in [0.15, 0.2) is 42.6 Å². The fraction of sp³-hybridized carbons (Fsp3) is 0.621. The van der Waals surface area contributed by atoms with E-state index in [1.165, 1.54) is 12.1 Å². The number of hydrogen-bond donors (Lipinski definition) is 3. The van der Waals surface area contributed by atoms with Crippen molar-refractivity contribution in [3.05, 3.63) is 65.2 Å². The number of benzene rings is 2. The number of piperazine rings is 1. The molecule has 3 N–H and O–H groups in total. The number of ether oxygens (including phenoxy) is 3. The maximum atomic E-state index is 18.2. The lowest BCUT2D eigenvalue weighted by molar-refractivity contribution is -0.150. The molecule has 0 spiro atoms. The number of aryl methyl sites for hydroxylation is 1. The Bertz CT molecular complexity index is 2690. The molecule has 412 valence electrons. The van der Waals surface area contributed by atoms with Gasteiger partial charge in [-0.1, -0.05) is 61.5 Å². The van der Waals surface area contributed by atoms with E-state index in [0.717, 1.165) is 71.7 Å². The number of aromatic nitrogens is 2. The molecule has 3 aliphatic rings. The van der Waals surface area contributed by atoms with Gasteiger partial charge in [-0.15, -0.1) is 0 Å². The third-order valence-corrected chi connectivity index (χ3v) is 22.0.